The molecule has 20 heavy (non-hydrogen) atoms. The highest BCUT2D eigenvalue weighted by Gasteiger charge is 2.31. The van der Waals surface area contributed by atoms with E-state index in [9.17, 15) is 0 Å². The third-order valence-corrected chi connectivity index (χ3v) is 4.30. The summed E-state index contributed by atoms with van der Waals surface area (Å²) in [6.45, 7) is 6.57. The molecular weight excluding hydrogens is 246 g/mol. The van der Waals surface area contributed by atoms with Crippen molar-refractivity contribution in [1.29, 1.82) is 0 Å². The summed E-state index contributed by atoms with van der Waals surface area (Å²) in [5, 5.41) is 3.72. The molecule has 1 aromatic heterocycles. The van der Waals surface area contributed by atoms with Crippen molar-refractivity contribution in [3.05, 3.63) is 30.1 Å². The van der Waals surface area contributed by atoms with Gasteiger partial charge in [0.2, 0.25) is 0 Å². The first-order chi connectivity index (χ1) is 9.83. The number of aromatic nitrogens is 2. The first-order valence-corrected chi connectivity index (χ1v) is 8.01. The van der Waals surface area contributed by atoms with Gasteiger partial charge in [-0.25, -0.2) is 4.98 Å². The molecule has 0 saturated heterocycles. The molecule has 0 aliphatic heterocycles. The van der Waals surface area contributed by atoms with Gasteiger partial charge in [0.1, 0.15) is 5.82 Å². The average Bonchev–Trinajstić information content (AvgIpc) is 3.25. The topological polar surface area (TPSA) is 29.9 Å². The van der Waals surface area contributed by atoms with Gasteiger partial charge in [0, 0.05) is 19.0 Å². The van der Waals surface area contributed by atoms with E-state index in [-0.39, 0.29) is 0 Å². The van der Waals surface area contributed by atoms with Gasteiger partial charge in [-0.2, -0.15) is 0 Å². The monoisotopic (exact) mass is 271 g/mol. The summed E-state index contributed by atoms with van der Waals surface area (Å²) in [5.74, 6) is 2.11. The maximum absolute atomic E-state index is 4.86. The van der Waals surface area contributed by atoms with Gasteiger partial charge in [0.25, 0.3) is 0 Å². The average molecular weight is 271 g/mol. The van der Waals surface area contributed by atoms with Crippen LogP contribution in [0.4, 0.5) is 0 Å². The van der Waals surface area contributed by atoms with Crippen molar-refractivity contribution in [1.82, 2.24) is 14.9 Å². The molecule has 0 spiro atoms. The Kier molecular flexibility index (Phi) is 4.06. The summed E-state index contributed by atoms with van der Waals surface area (Å²) < 4.78 is 2.37. The lowest BCUT2D eigenvalue weighted by molar-refractivity contribution is 0.446. The number of para-hydroxylation sites is 2. The second kappa shape index (κ2) is 5.96. The SMILES string of the molecule is CCCNC(Cc1nc2ccccc2n1CC)C1CC1. The van der Waals surface area contributed by atoms with E-state index in [2.05, 4.69) is 48.0 Å². The quantitative estimate of drug-likeness (QED) is 0.836. The first-order valence-electron chi connectivity index (χ1n) is 8.01. The van der Waals surface area contributed by atoms with Gasteiger partial charge < -0.3 is 9.88 Å². The van der Waals surface area contributed by atoms with Crippen LogP contribution in [0.5, 0.6) is 0 Å². The number of nitrogens with one attached hydrogen (secondary N) is 1. The Bertz CT molecular complexity index is 569. The van der Waals surface area contributed by atoms with Crippen LogP contribution in [-0.2, 0) is 13.0 Å². The zero-order valence-corrected chi connectivity index (χ0v) is 12.6. The lowest BCUT2D eigenvalue weighted by atomic mass is 10.1. The number of hydrogen-bond donors (Lipinski definition) is 1. The number of rotatable bonds is 7. The molecule has 0 radical (unpaired) electrons. The largest absolute Gasteiger partial charge is 0.328 e. The maximum atomic E-state index is 4.86. The number of nitrogens with zero attached hydrogens (tertiary/aromatic N) is 2. The van der Waals surface area contributed by atoms with Crippen molar-refractivity contribution in [2.45, 2.75) is 52.1 Å². The molecule has 3 rings (SSSR count). The Morgan fingerprint density at radius 2 is 2.10 bits per heavy atom. The molecule has 0 amide bonds. The van der Waals surface area contributed by atoms with Crippen LogP contribution >= 0.6 is 0 Å². The van der Waals surface area contributed by atoms with Crippen molar-refractivity contribution >= 4 is 11.0 Å². The summed E-state index contributed by atoms with van der Waals surface area (Å²) in [5.41, 5.74) is 2.41. The molecule has 1 heterocycles. The molecule has 3 heteroatoms. The van der Waals surface area contributed by atoms with Gasteiger partial charge >= 0.3 is 0 Å². The van der Waals surface area contributed by atoms with E-state index < -0.39 is 0 Å². The van der Waals surface area contributed by atoms with Crippen molar-refractivity contribution in [2.24, 2.45) is 5.92 Å². The van der Waals surface area contributed by atoms with Crippen molar-refractivity contribution in [2.75, 3.05) is 6.54 Å². The molecule has 1 atom stereocenters. The van der Waals surface area contributed by atoms with Gasteiger partial charge in [-0.15, -0.1) is 0 Å². The highest BCUT2D eigenvalue weighted by atomic mass is 15.1. The number of fused-ring (bicyclic) bond motifs is 1. The van der Waals surface area contributed by atoms with Crippen LogP contribution in [0, 0.1) is 5.92 Å². The van der Waals surface area contributed by atoms with Crippen molar-refractivity contribution in [3.63, 3.8) is 0 Å². The van der Waals surface area contributed by atoms with Gasteiger partial charge in [0.05, 0.1) is 11.0 Å². The van der Waals surface area contributed by atoms with E-state index in [0.717, 1.165) is 30.9 Å². The predicted molar refractivity (Wildman–Crippen MR) is 83.9 cm³/mol. The Balaban J connectivity index is 1.84. The van der Waals surface area contributed by atoms with Crippen molar-refractivity contribution in [3.8, 4) is 0 Å². The standard InChI is InChI=1S/C17H25N3/c1-3-11-18-15(13-9-10-13)12-17-19-14-7-5-6-8-16(14)20(17)4-2/h5-8,13,15,18H,3-4,9-12H2,1-2H3. The Labute approximate surface area is 121 Å². The summed E-state index contributed by atoms with van der Waals surface area (Å²) in [4.78, 5) is 4.86. The summed E-state index contributed by atoms with van der Waals surface area (Å²) in [7, 11) is 0. The van der Waals surface area contributed by atoms with Crippen LogP contribution in [0.2, 0.25) is 0 Å². The highest BCUT2D eigenvalue weighted by molar-refractivity contribution is 5.75. The van der Waals surface area contributed by atoms with Crippen molar-refractivity contribution < 1.29 is 0 Å². The van der Waals surface area contributed by atoms with Crippen LogP contribution in [0.25, 0.3) is 11.0 Å². The number of benzene rings is 1. The van der Waals surface area contributed by atoms with Crippen LogP contribution < -0.4 is 5.32 Å². The molecule has 1 unspecified atom stereocenters. The van der Waals surface area contributed by atoms with Crippen LogP contribution in [0.15, 0.2) is 24.3 Å². The highest BCUT2D eigenvalue weighted by Crippen LogP contribution is 2.34. The number of aryl methyl sites for hydroxylation is 1. The van der Waals surface area contributed by atoms with E-state index >= 15 is 0 Å². The minimum atomic E-state index is 0.608. The zero-order chi connectivity index (χ0) is 13.9. The molecule has 1 aliphatic rings. The van der Waals surface area contributed by atoms with E-state index in [0.29, 0.717) is 6.04 Å². The molecule has 1 aliphatic carbocycles. The summed E-state index contributed by atoms with van der Waals surface area (Å²) >= 11 is 0. The van der Waals surface area contributed by atoms with Gasteiger partial charge in [-0.3, -0.25) is 0 Å². The molecule has 1 N–H and O–H groups in total. The lowest BCUT2D eigenvalue weighted by Gasteiger charge is -2.18. The van der Waals surface area contributed by atoms with E-state index in [1.165, 1.54) is 30.6 Å². The Morgan fingerprint density at radius 1 is 1.30 bits per heavy atom. The molecule has 1 fully saturated rings. The first kappa shape index (κ1) is 13.6. The van der Waals surface area contributed by atoms with E-state index in [4.69, 9.17) is 4.98 Å². The summed E-state index contributed by atoms with van der Waals surface area (Å²) in [6, 6.07) is 9.09. The third-order valence-electron chi connectivity index (χ3n) is 4.30. The molecule has 108 valence electrons. The maximum Gasteiger partial charge on any atom is 0.111 e. The minimum absolute atomic E-state index is 0.608. The molecule has 3 nitrogen and oxygen atoms in total. The van der Waals surface area contributed by atoms with Gasteiger partial charge in [0.15, 0.2) is 0 Å². The fourth-order valence-electron chi connectivity index (χ4n) is 3.06. The molecule has 1 saturated carbocycles. The molecular formula is C17H25N3. The summed E-state index contributed by atoms with van der Waals surface area (Å²) in [6.07, 6.45) is 5.03. The smallest absolute Gasteiger partial charge is 0.111 e. The fourth-order valence-corrected chi connectivity index (χ4v) is 3.06. The minimum Gasteiger partial charge on any atom is -0.328 e. The van der Waals surface area contributed by atoms with E-state index in [1.54, 1.807) is 0 Å². The molecule has 2 aromatic rings. The number of hydrogen-bond acceptors (Lipinski definition) is 2. The zero-order valence-electron chi connectivity index (χ0n) is 12.6. The predicted octanol–water partition coefficient (Wildman–Crippen LogP) is 3.38. The normalized spacial score (nSPS) is 16.7. The second-order valence-corrected chi connectivity index (χ2v) is 5.86. The molecule has 1 aromatic carbocycles. The second-order valence-electron chi connectivity index (χ2n) is 5.86. The van der Waals surface area contributed by atoms with Gasteiger partial charge in [-0.05, 0) is 50.8 Å². The molecule has 0 bridgehead atoms. The fraction of sp³-hybridized carbons (Fsp3) is 0.588. The lowest BCUT2D eigenvalue weighted by Crippen LogP contribution is -2.34. The van der Waals surface area contributed by atoms with Gasteiger partial charge in [-0.1, -0.05) is 19.1 Å². The Hall–Kier alpha value is -1.35. The van der Waals surface area contributed by atoms with E-state index in [1.807, 2.05) is 0 Å². The third kappa shape index (κ3) is 2.73. The van der Waals surface area contributed by atoms with Crippen LogP contribution in [-0.4, -0.2) is 22.1 Å². The van der Waals surface area contributed by atoms with Crippen LogP contribution in [0.3, 0.4) is 0 Å². The van der Waals surface area contributed by atoms with Crippen LogP contribution in [0.1, 0.15) is 38.9 Å². The Morgan fingerprint density at radius 3 is 2.80 bits per heavy atom. The number of imidazole rings is 1.